The first-order valence-corrected chi connectivity index (χ1v) is 10.1. The molecule has 0 spiro atoms. The average Bonchev–Trinajstić information content (AvgIpc) is 3.21. The Morgan fingerprint density at radius 1 is 1.10 bits per heavy atom. The van der Waals surface area contributed by atoms with Gasteiger partial charge < -0.3 is 24.3 Å². The number of aromatic nitrogens is 2. The third-order valence-corrected chi connectivity index (χ3v) is 5.80. The molecule has 0 radical (unpaired) electrons. The largest absolute Gasteiger partial charge is 0.497 e. The minimum Gasteiger partial charge on any atom is -0.497 e. The molecule has 5 rings (SSSR count). The molecule has 8 heteroatoms. The van der Waals surface area contributed by atoms with Gasteiger partial charge in [-0.05, 0) is 36.2 Å². The molecule has 1 fully saturated rings. The minimum absolute atomic E-state index is 0.0505. The summed E-state index contributed by atoms with van der Waals surface area (Å²) in [7, 11) is 1.61. The van der Waals surface area contributed by atoms with Crippen LogP contribution in [0.1, 0.15) is 22.5 Å². The van der Waals surface area contributed by atoms with Gasteiger partial charge in [0.15, 0.2) is 0 Å². The number of fused-ring (bicyclic) bond motifs is 2. The Labute approximate surface area is 174 Å². The first kappa shape index (κ1) is 18.5. The van der Waals surface area contributed by atoms with Crippen molar-refractivity contribution in [2.24, 2.45) is 0 Å². The predicted molar refractivity (Wildman–Crippen MR) is 113 cm³/mol. The lowest BCUT2D eigenvalue weighted by molar-refractivity contribution is -0.116. The number of rotatable bonds is 3. The van der Waals surface area contributed by atoms with E-state index in [4.69, 9.17) is 4.74 Å². The van der Waals surface area contributed by atoms with Crippen LogP contribution in [0.4, 0.5) is 11.4 Å². The topological polar surface area (TPSA) is 79.2 Å². The van der Waals surface area contributed by atoms with Gasteiger partial charge in [-0.15, -0.1) is 0 Å². The number of carbonyl (C=O) groups is 2. The third kappa shape index (κ3) is 3.34. The first-order valence-electron chi connectivity index (χ1n) is 10.1. The van der Waals surface area contributed by atoms with Gasteiger partial charge in [-0.1, -0.05) is 0 Å². The normalized spacial score (nSPS) is 16.4. The molecule has 0 aliphatic carbocycles. The molecular weight excluding hydrogens is 382 g/mol. The average molecular weight is 405 g/mol. The van der Waals surface area contributed by atoms with Crippen LogP contribution in [0.15, 0.2) is 42.7 Å². The molecule has 0 saturated carbocycles. The van der Waals surface area contributed by atoms with E-state index in [-0.39, 0.29) is 11.8 Å². The summed E-state index contributed by atoms with van der Waals surface area (Å²) in [5.74, 6) is 0.739. The molecule has 0 bridgehead atoms. The Balaban J connectivity index is 1.27. The summed E-state index contributed by atoms with van der Waals surface area (Å²) in [5.41, 5.74) is 4.36. The number of aryl methyl sites for hydroxylation is 1. The van der Waals surface area contributed by atoms with Gasteiger partial charge in [-0.2, -0.15) is 0 Å². The van der Waals surface area contributed by atoms with Crippen LogP contribution in [0, 0.1) is 0 Å². The molecule has 2 aliphatic heterocycles. The Kier molecular flexibility index (Phi) is 4.54. The van der Waals surface area contributed by atoms with Crippen molar-refractivity contribution in [1.82, 2.24) is 14.3 Å². The molecule has 2 aromatic heterocycles. The fourth-order valence-electron chi connectivity index (χ4n) is 4.09. The van der Waals surface area contributed by atoms with Crippen molar-refractivity contribution in [3.05, 3.63) is 54.0 Å². The molecular formula is C22H23N5O3. The standard InChI is InChI=1S/C22H23N5O3/c1-30-17-6-7-27-14-19(23-20(27)13-17)22(29)26-10-8-25(9-11-26)16-3-4-18-15(12-16)2-5-21(28)24-18/h3-4,6-7,12-14H,2,5,8-11H2,1H3,(H,24,28). The van der Waals surface area contributed by atoms with Crippen LogP contribution < -0.4 is 15.0 Å². The van der Waals surface area contributed by atoms with E-state index >= 15 is 0 Å². The summed E-state index contributed by atoms with van der Waals surface area (Å²) < 4.78 is 7.06. The third-order valence-electron chi connectivity index (χ3n) is 5.80. The van der Waals surface area contributed by atoms with Gasteiger partial charge in [-0.3, -0.25) is 9.59 Å². The van der Waals surface area contributed by atoms with E-state index in [1.807, 2.05) is 39.8 Å². The van der Waals surface area contributed by atoms with E-state index in [2.05, 4.69) is 21.3 Å². The Morgan fingerprint density at radius 2 is 1.93 bits per heavy atom. The van der Waals surface area contributed by atoms with Gasteiger partial charge in [0.1, 0.15) is 17.1 Å². The molecule has 0 unspecified atom stereocenters. The van der Waals surface area contributed by atoms with E-state index < -0.39 is 0 Å². The van der Waals surface area contributed by atoms with Crippen LogP contribution in [0.2, 0.25) is 0 Å². The summed E-state index contributed by atoms with van der Waals surface area (Å²) in [5, 5.41) is 2.92. The van der Waals surface area contributed by atoms with Crippen molar-refractivity contribution >= 4 is 28.8 Å². The summed E-state index contributed by atoms with van der Waals surface area (Å²) in [6.45, 7) is 2.81. The van der Waals surface area contributed by atoms with E-state index in [1.165, 1.54) is 5.56 Å². The number of nitrogens with zero attached hydrogens (tertiary/aromatic N) is 4. The molecule has 8 nitrogen and oxygen atoms in total. The zero-order valence-corrected chi connectivity index (χ0v) is 16.8. The second-order valence-corrected chi connectivity index (χ2v) is 7.63. The number of piperazine rings is 1. The number of imidazole rings is 1. The van der Waals surface area contributed by atoms with Crippen molar-refractivity contribution in [1.29, 1.82) is 0 Å². The number of ether oxygens (including phenoxy) is 1. The van der Waals surface area contributed by atoms with E-state index in [0.717, 1.165) is 30.9 Å². The molecule has 2 aliphatic rings. The lowest BCUT2D eigenvalue weighted by Gasteiger charge is -2.36. The number of amides is 2. The number of anilines is 2. The number of hydrogen-bond acceptors (Lipinski definition) is 5. The predicted octanol–water partition coefficient (Wildman–Crippen LogP) is 2.19. The van der Waals surface area contributed by atoms with Crippen LogP contribution in [-0.4, -0.2) is 59.4 Å². The van der Waals surface area contributed by atoms with Crippen molar-refractivity contribution in [2.75, 3.05) is 43.5 Å². The van der Waals surface area contributed by atoms with Crippen molar-refractivity contribution < 1.29 is 14.3 Å². The smallest absolute Gasteiger partial charge is 0.274 e. The maximum Gasteiger partial charge on any atom is 0.274 e. The highest BCUT2D eigenvalue weighted by Crippen LogP contribution is 2.28. The van der Waals surface area contributed by atoms with Crippen LogP contribution in [0.25, 0.3) is 5.65 Å². The first-order chi connectivity index (χ1) is 14.6. The lowest BCUT2D eigenvalue weighted by atomic mass is 10.0. The Bertz CT molecular complexity index is 1130. The fourth-order valence-corrected chi connectivity index (χ4v) is 4.09. The van der Waals surface area contributed by atoms with Crippen molar-refractivity contribution in [3.63, 3.8) is 0 Å². The Morgan fingerprint density at radius 3 is 2.73 bits per heavy atom. The van der Waals surface area contributed by atoms with Gasteiger partial charge in [0, 0.05) is 62.4 Å². The second-order valence-electron chi connectivity index (χ2n) is 7.63. The molecule has 154 valence electrons. The van der Waals surface area contributed by atoms with Crippen molar-refractivity contribution in [2.45, 2.75) is 12.8 Å². The lowest BCUT2D eigenvalue weighted by Crippen LogP contribution is -2.49. The van der Waals surface area contributed by atoms with E-state index in [1.54, 1.807) is 13.3 Å². The molecule has 0 atom stereocenters. The second kappa shape index (κ2) is 7.37. The SMILES string of the molecule is COc1ccn2cc(C(=O)N3CCN(c4ccc5c(c4)CCC(=O)N5)CC3)nc2c1. The minimum atomic E-state index is -0.0505. The van der Waals surface area contributed by atoms with E-state index in [0.29, 0.717) is 36.6 Å². The maximum atomic E-state index is 12.9. The molecule has 1 saturated heterocycles. The number of methoxy groups -OCH3 is 1. The molecule has 2 amide bonds. The highest BCUT2D eigenvalue weighted by molar-refractivity contribution is 5.94. The summed E-state index contributed by atoms with van der Waals surface area (Å²) in [6, 6.07) is 9.82. The number of pyridine rings is 1. The van der Waals surface area contributed by atoms with Gasteiger partial charge in [-0.25, -0.2) is 4.98 Å². The summed E-state index contributed by atoms with van der Waals surface area (Å²) >= 11 is 0. The summed E-state index contributed by atoms with van der Waals surface area (Å²) in [6.07, 6.45) is 4.91. The zero-order chi connectivity index (χ0) is 20.7. The Hall–Kier alpha value is -3.55. The molecule has 30 heavy (non-hydrogen) atoms. The van der Waals surface area contributed by atoms with Crippen LogP contribution >= 0.6 is 0 Å². The van der Waals surface area contributed by atoms with Gasteiger partial charge in [0.25, 0.3) is 5.91 Å². The number of carbonyl (C=O) groups excluding carboxylic acids is 2. The molecule has 1 N–H and O–H groups in total. The van der Waals surface area contributed by atoms with Crippen LogP contribution in [0.5, 0.6) is 5.75 Å². The number of hydrogen-bond donors (Lipinski definition) is 1. The maximum absolute atomic E-state index is 12.9. The number of nitrogens with one attached hydrogen (secondary N) is 1. The highest BCUT2D eigenvalue weighted by atomic mass is 16.5. The molecule has 4 heterocycles. The fraction of sp³-hybridized carbons (Fsp3) is 0.318. The van der Waals surface area contributed by atoms with Gasteiger partial charge >= 0.3 is 0 Å². The number of benzene rings is 1. The van der Waals surface area contributed by atoms with Gasteiger partial charge in [0.2, 0.25) is 5.91 Å². The van der Waals surface area contributed by atoms with Crippen LogP contribution in [0.3, 0.4) is 0 Å². The van der Waals surface area contributed by atoms with E-state index in [9.17, 15) is 9.59 Å². The molecule has 1 aromatic carbocycles. The zero-order valence-electron chi connectivity index (χ0n) is 16.8. The quantitative estimate of drug-likeness (QED) is 0.723. The summed E-state index contributed by atoms with van der Waals surface area (Å²) in [4.78, 5) is 33.1. The highest BCUT2D eigenvalue weighted by Gasteiger charge is 2.25. The monoisotopic (exact) mass is 405 g/mol. The van der Waals surface area contributed by atoms with Gasteiger partial charge in [0.05, 0.1) is 7.11 Å². The van der Waals surface area contributed by atoms with Crippen molar-refractivity contribution in [3.8, 4) is 5.75 Å². The van der Waals surface area contributed by atoms with Crippen LogP contribution in [-0.2, 0) is 11.2 Å². The molecule has 3 aromatic rings.